The van der Waals surface area contributed by atoms with Crippen LogP contribution in [0.3, 0.4) is 0 Å². The molecule has 2 fully saturated rings. The molecule has 2 aliphatic rings. The summed E-state index contributed by atoms with van der Waals surface area (Å²) in [5.74, 6) is -0.968. The van der Waals surface area contributed by atoms with Crippen LogP contribution in [0.5, 0.6) is 0 Å². The van der Waals surface area contributed by atoms with E-state index in [4.69, 9.17) is 9.47 Å². The zero-order valence-corrected chi connectivity index (χ0v) is 21.6. The normalized spacial score (nSPS) is 25.0. The minimum Gasteiger partial charge on any atom is -0.459 e. The van der Waals surface area contributed by atoms with Gasteiger partial charge < -0.3 is 9.47 Å². The van der Waals surface area contributed by atoms with Gasteiger partial charge in [-0.3, -0.25) is 0 Å². The van der Waals surface area contributed by atoms with Crippen molar-refractivity contribution in [1.82, 2.24) is 10.1 Å². The van der Waals surface area contributed by atoms with Crippen LogP contribution in [0.1, 0.15) is 102 Å². The Hall–Kier alpha value is -2.00. The lowest BCUT2D eigenvalue weighted by Gasteiger charge is -2.49. The number of piperidine rings is 2. The van der Waals surface area contributed by atoms with Crippen LogP contribution in [0.15, 0.2) is 24.3 Å². The molecule has 1 aromatic rings. The third-order valence-electron chi connectivity index (χ3n) is 7.01. The SMILES string of the molecule is CC1(C)CC(OC(=O)c2ccc(C(=O)OC3CC(C)(C)[14N]([O])C(C)(C)C3)cc2)CC(C)(C)[14N]1[O]. The lowest BCUT2D eigenvalue weighted by atomic mass is 9.80. The third kappa shape index (κ3) is 5.46. The molecule has 0 atom stereocenters. The maximum absolute atomic E-state index is 12.7. The average molecular weight is 475 g/mol. The van der Waals surface area contributed by atoms with Crippen LogP contribution in [0.2, 0.25) is 0 Å². The highest BCUT2D eigenvalue weighted by Crippen LogP contribution is 2.39. The van der Waals surface area contributed by atoms with Gasteiger partial charge in [0.05, 0.1) is 11.1 Å². The van der Waals surface area contributed by atoms with Gasteiger partial charge in [0, 0.05) is 47.8 Å². The van der Waals surface area contributed by atoms with Crippen LogP contribution in [-0.2, 0) is 19.9 Å². The Bertz CT molecular complexity index is 811. The Balaban J connectivity index is 1.62. The number of carbonyl (C=O) groups excluding carboxylic acids is 2. The molecule has 0 bridgehead atoms. The minimum absolute atomic E-state index is 0.332. The first kappa shape index (κ1) is 26.6. The van der Waals surface area contributed by atoms with Gasteiger partial charge in [0.15, 0.2) is 0 Å². The fraction of sp³-hybridized carbons (Fsp3) is 0.692. The molecule has 0 amide bonds. The molecule has 0 aliphatic carbocycles. The summed E-state index contributed by atoms with van der Waals surface area (Å²) in [6.07, 6.45) is 1.06. The van der Waals surface area contributed by atoms with Crippen LogP contribution >= 0.6 is 0 Å². The van der Waals surface area contributed by atoms with Crippen molar-refractivity contribution >= 4 is 11.9 Å². The summed E-state index contributed by atoms with van der Waals surface area (Å²) in [4.78, 5) is 25.4. The Labute approximate surface area is 202 Å². The number of hydrogen-bond acceptors (Lipinski definition) is 6. The fourth-order valence-corrected chi connectivity index (χ4v) is 5.69. The van der Waals surface area contributed by atoms with Gasteiger partial charge in [-0.25, -0.2) is 9.59 Å². The molecule has 3 rings (SSSR count). The zero-order chi connectivity index (χ0) is 25.7. The number of rotatable bonds is 4. The van der Waals surface area contributed by atoms with E-state index in [0.717, 1.165) is 10.1 Å². The van der Waals surface area contributed by atoms with Crippen molar-refractivity contribution in [2.45, 2.75) is 115 Å². The monoisotopic (exact) mass is 474 g/mol. The molecule has 1 aromatic carbocycles. The van der Waals surface area contributed by atoms with E-state index in [1.807, 2.05) is 55.4 Å². The van der Waals surface area contributed by atoms with Gasteiger partial charge in [0.25, 0.3) is 0 Å². The topological polar surface area (TPSA) is 98.9 Å². The van der Waals surface area contributed by atoms with Gasteiger partial charge in [-0.15, -0.1) is 20.5 Å². The number of nitrogens with zero attached hydrogens (tertiary/aromatic N) is 2. The summed E-state index contributed by atoms with van der Waals surface area (Å²) in [5.41, 5.74) is -1.87. The summed E-state index contributed by atoms with van der Waals surface area (Å²) in [6, 6.07) is 6.19. The van der Waals surface area contributed by atoms with E-state index in [2.05, 4.69) is 0 Å². The highest BCUT2D eigenvalue weighted by molar-refractivity contribution is 5.93. The summed E-state index contributed by atoms with van der Waals surface area (Å²) in [7, 11) is 0. The van der Waals surface area contributed by atoms with Crippen molar-refractivity contribution in [3.05, 3.63) is 35.4 Å². The van der Waals surface area contributed by atoms with Gasteiger partial charge in [-0.2, -0.15) is 0 Å². The van der Waals surface area contributed by atoms with Crippen molar-refractivity contribution in [3.63, 3.8) is 0 Å². The van der Waals surface area contributed by atoms with E-state index >= 15 is 0 Å². The Morgan fingerprint density at radius 1 is 0.618 bits per heavy atom. The third-order valence-corrected chi connectivity index (χ3v) is 7.01. The zero-order valence-electron chi connectivity index (χ0n) is 21.6. The molecule has 2 radical (unpaired) electrons. The predicted molar refractivity (Wildman–Crippen MR) is 125 cm³/mol. The van der Waals surface area contributed by atoms with Gasteiger partial charge in [0.1, 0.15) is 12.2 Å². The summed E-state index contributed by atoms with van der Waals surface area (Å²) in [6.45, 7) is 14.8. The van der Waals surface area contributed by atoms with Gasteiger partial charge in [-0.1, -0.05) is 0 Å². The van der Waals surface area contributed by atoms with Crippen LogP contribution in [0.25, 0.3) is 0 Å². The van der Waals surface area contributed by atoms with Crippen LogP contribution in [0, 0.1) is 0 Å². The van der Waals surface area contributed by atoms with Crippen molar-refractivity contribution < 1.29 is 29.5 Å². The summed E-state index contributed by atoms with van der Waals surface area (Å²) in [5, 5.41) is 27.2. The number of carbonyl (C=O) groups is 2. The number of hydroxylamine groups is 4. The average Bonchev–Trinajstić information content (AvgIpc) is 2.69. The summed E-state index contributed by atoms with van der Waals surface area (Å²) >= 11 is 0. The number of ether oxygens (including phenoxy) is 2. The van der Waals surface area contributed by atoms with Crippen molar-refractivity contribution in [1.29, 1.82) is 0 Å². The maximum atomic E-state index is 12.7. The Morgan fingerprint density at radius 3 is 1.09 bits per heavy atom. The first-order valence-electron chi connectivity index (χ1n) is 11.9. The Morgan fingerprint density at radius 2 is 0.853 bits per heavy atom. The molecule has 188 valence electrons. The second-order valence-corrected chi connectivity index (χ2v) is 12.3. The van der Waals surface area contributed by atoms with Crippen molar-refractivity contribution in [3.8, 4) is 0 Å². The molecule has 2 aliphatic heterocycles. The highest BCUT2D eigenvalue weighted by atomic mass is 16.6. The quantitative estimate of drug-likeness (QED) is 0.585. The molecule has 0 aromatic heterocycles. The lowest BCUT2D eigenvalue weighted by molar-refractivity contribution is -0.298. The van der Waals surface area contributed by atoms with Gasteiger partial charge in [-0.05, 0) is 79.7 Å². The maximum Gasteiger partial charge on any atom is 0.338 e. The predicted octanol–water partition coefficient (Wildman–Crippen LogP) is 4.73. The largest absolute Gasteiger partial charge is 0.459 e. The minimum atomic E-state index is -0.633. The molecule has 0 saturated carbocycles. The number of benzene rings is 1. The van der Waals surface area contributed by atoms with Gasteiger partial charge in [0.2, 0.25) is 0 Å². The molecular weight excluding hydrogens is 436 g/mol. The van der Waals surface area contributed by atoms with Crippen molar-refractivity contribution in [2.24, 2.45) is 0 Å². The van der Waals surface area contributed by atoms with E-state index in [1.54, 1.807) is 24.3 Å². The molecule has 34 heavy (non-hydrogen) atoms. The smallest absolute Gasteiger partial charge is 0.338 e. The van der Waals surface area contributed by atoms with Crippen molar-refractivity contribution in [2.75, 3.05) is 0 Å². The number of esters is 2. The molecule has 2 saturated heterocycles. The molecule has 8 heteroatoms. The second-order valence-electron chi connectivity index (χ2n) is 12.3. The summed E-state index contributed by atoms with van der Waals surface area (Å²) < 4.78 is 11.4. The van der Waals surface area contributed by atoms with Gasteiger partial charge >= 0.3 is 11.9 Å². The molecule has 8 nitrogen and oxygen atoms in total. The molecule has 2 heterocycles. The Kier molecular flexibility index (Phi) is 6.96. The standard InChI is InChI=1S/C26H38N2O6/c1-23(2)13-19(14-24(3,4)27(23)31)33-21(29)17-9-11-18(12-10-17)22(30)34-20-15-25(5,6)28(32)26(7,8)16-20/h9-12,19-20H,13-16H2,1-8H3/i27+0,28+0. The molecular formula is C26H38N2O6. The van der Waals surface area contributed by atoms with Crippen LogP contribution in [0.4, 0.5) is 0 Å². The number of hydrogen-bond donors (Lipinski definition) is 0. The molecule has 0 N–H and O–H groups in total. The van der Waals surface area contributed by atoms with E-state index < -0.39 is 34.1 Å². The first-order valence-corrected chi connectivity index (χ1v) is 11.9. The van der Waals surface area contributed by atoms with E-state index in [9.17, 15) is 20.0 Å². The molecule has 0 unspecified atom stereocenters. The fourth-order valence-electron chi connectivity index (χ4n) is 5.69. The second kappa shape index (κ2) is 8.90. The van der Waals surface area contributed by atoms with E-state index in [0.29, 0.717) is 36.8 Å². The van der Waals surface area contributed by atoms with Crippen LogP contribution in [-0.4, -0.2) is 56.4 Å². The lowest BCUT2D eigenvalue weighted by Crippen LogP contribution is -2.60. The first-order chi connectivity index (χ1) is 15.4. The highest BCUT2D eigenvalue weighted by Gasteiger charge is 2.48. The molecule has 0 spiro atoms. The van der Waals surface area contributed by atoms with E-state index in [1.165, 1.54) is 0 Å². The van der Waals surface area contributed by atoms with Crippen LogP contribution < -0.4 is 0 Å². The van der Waals surface area contributed by atoms with E-state index in [-0.39, 0.29) is 12.2 Å².